The molecule has 0 unspecified atom stereocenters. The van der Waals surface area contributed by atoms with Gasteiger partial charge in [-0.15, -0.1) is 0 Å². The Morgan fingerprint density at radius 3 is 2.40 bits per heavy atom. The number of hydrogen-bond donors (Lipinski definition) is 2. The molecule has 1 aliphatic rings. The minimum atomic E-state index is -0.800. The van der Waals surface area contributed by atoms with Crippen LogP contribution in [0.3, 0.4) is 0 Å². The standard InChI is InChI=1S/C20H23FN2O2/c1-23(13-18(24)14-7-9-16(21)10-8-14)19(15-5-3-2-4-6-15)20(25)22-17-11-12-17/h2-10,17-19,24H,11-13H2,1H3,(H,22,25)/t18-,19-/m0/s1. The van der Waals surface area contributed by atoms with E-state index in [4.69, 9.17) is 0 Å². The van der Waals surface area contributed by atoms with Crippen LogP contribution in [0.1, 0.15) is 36.1 Å². The number of nitrogens with one attached hydrogen (secondary N) is 1. The van der Waals surface area contributed by atoms with Crippen LogP contribution in [0.25, 0.3) is 0 Å². The number of benzene rings is 2. The summed E-state index contributed by atoms with van der Waals surface area (Å²) < 4.78 is 13.1. The lowest BCUT2D eigenvalue weighted by molar-refractivity contribution is -0.126. The lowest BCUT2D eigenvalue weighted by atomic mass is 10.0. The third-order valence-corrected chi connectivity index (χ3v) is 4.44. The molecule has 2 N–H and O–H groups in total. The summed E-state index contributed by atoms with van der Waals surface area (Å²) in [5, 5.41) is 13.5. The number of nitrogens with zero attached hydrogens (tertiary/aromatic N) is 1. The number of rotatable bonds is 7. The van der Waals surface area contributed by atoms with Crippen LogP contribution in [0.5, 0.6) is 0 Å². The highest BCUT2D eigenvalue weighted by molar-refractivity contribution is 5.83. The van der Waals surface area contributed by atoms with Crippen molar-refractivity contribution < 1.29 is 14.3 Å². The van der Waals surface area contributed by atoms with Crippen molar-refractivity contribution in [1.82, 2.24) is 10.2 Å². The summed E-state index contributed by atoms with van der Waals surface area (Å²) in [7, 11) is 1.82. The van der Waals surface area contributed by atoms with Crippen LogP contribution in [0.4, 0.5) is 4.39 Å². The van der Waals surface area contributed by atoms with Gasteiger partial charge < -0.3 is 10.4 Å². The van der Waals surface area contributed by atoms with E-state index >= 15 is 0 Å². The fourth-order valence-corrected chi connectivity index (χ4v) is 2.92. The Morgan fingerprint density at radius 1 is 1.16 bits per heavy atom. The van der Waals surface area contributed by atoms with Gasteiger partial charge in [-0.1, -0.05) is 42.5 Å². The van der Waals surface area contributed by atoms with Gasteiger partial charge in [-0.3, -0.25) is 9.69 Å². The Morgan fingerprint density at radius 2 is 1.80 bits per heavy atom. The molecule has 0 aliphatic heterocycles. The van der Waals surface area contributed by atoms with Crippen molar-refractivity contribution in [2.45, 2.75) is 31.0 Å². The number of carbonyl (C=O) groups is 1. The van der Waals surface area contributed by atoms with Crippen LogP contribution in [-0.4, -0.2) is 35.5 Å². The molecule has 3 rings (SSSR count). The van der Waals surface area contributed by atoms with Gasteiger partial charge in [0.2, 0.25) is 5.91 Å². The molecule has 2 aromatic carbocycles. The highest BCUT2D eigenvalue weighted by Gasteiger charge is 2.31. The molecule has 0 radical (unpaired) electrons. The largest absolute Gasteiger partial charge is 0.387 e. The van der Waals surface area contributed by atoms with Crippen LogP contribution in [0.15, 0.2) is 54.6 Å². The van der Waals surface area contributed by atoms with Crippen molar-refractivity contribution >= 4 is 5.91 Å². The van der Waals surface area contributed by atoms with E-state index < -0.39 is 12.1 Å². The Hall–Kier alpha value is -2.24. The Kier molecular flexibility index (Phi) is 5.46. The topological polar surface area (TPSA) is 52.6 Å². The van der Waals surface area contributed by atoms with E-state index in [2.05, 4.69) is 5.32 Å². The molecule has 1 fully saturated rings. The van der Waals surface area contributed by atoms with E-state index in [1.807, 2.05) is 42.3 Å². The monoisotopic (exact) mass is 342 g/mol. The Labute approximate surface area is 147 Å². The second kappa shape index (κ2) is 7.76. The third kappa shape index (κ3) is 4.65. The number of halogens is 1. The maximum absolute atomic E-state index is 13.1. The lowest BCUT2D eigenvalue weighted by Crippen LogP contribution is -2.41. The summed E-state index contributed by atoms with van der Waals surface area (Å²) in [5.41, 5.74) is 1.51. The molecule has 25 heavy (non-hydrogen) atoms. The Bertz CT molecular complexity index is 701. The second-order valence-corrected chi connectivity index (χ2v) is 6.60. The predicted octanol–water partition coefficient (Wildman–Crippen LogP) is 2.81. The second-order valence-electron chi connectivity index (χ2n) is 6.60. The molecular weight excluding hydrogens is 319 g/mol. The molecule has 1 amide bonds. The summed E-state index contributed by atoms with van der Waals surface area (Å²) in [6.07, 6.45) is 1.25. The number of likely N-dealkylation sites (N-methyl/N-ethyl adjacent to an activating group) is 1. The van der Waals surface area contributed by atoms with Crippen molar-refractivity contribution in [3.8, 4) is 0 Å². The molecule has 0 aromatic heterocycles. The van der Waals surface area contributed by atoms with Gasteiger partial charge >= 0.3 is 0 Å². The number of carbonyl (C=O) groups excluding carboxylic acids is 1. The highest BCUT2D eigenvalue weighted by atomic mass is 19.1. The van der Waals surface area contributed by atoms with Crippen LogP contribution in [-0.2, 0) is 4.79 Å². The lowest BCUT2D eigenvalue weighted by Gasteiger charge is -2.29. The van der Waals surface area contributed by atoms with Crippen LogP contribution in [0, 0.1) is 5.82 Å². The zero-order chi connectivity index (χ0) is 17.8. The van der Waals surface area contributed by atoms with E-state index in [1.165, 1.54) is 12.1 Å². The molecule has 0 saturated heterocycles. The van der Waals surface area contributed by atoms with Gasteiger partial charge in [0.1, 0.15) is 11.9 Å². The molecule has 0 heterocycles. The van der Waals surface area contributed by atoms with Crippen molar-refractivity contribution in [1.29, 1.82) is 0 Å². The van der Waals surface area contributed by atoms with Crippen molar-refractivity contribution in [3.63, 3.8) is 0 Å². The van der Waals surface area contributed by atoms with Gasteiger partial charge in [0.25, 0.3) is 0 Å². The van der Waals surface area contributed by atoms with E-state index in [0.717, 1.165) is 18.4 Å². The summed E-state index contributed by atoms with van der Waals surface area (Å²) in [4.78, 5) is 14.5. The molecule has 1 saturated carbocycles. The number of aliphatic hydroxyl groups excluding tert-OH is 1. The van der Waals surface area contributed by atoms with Gasteiger partial charge in [0.05, 0.1) is 6.10 Å². The van der Waals surface area contributed by atoms with Gasteiger partial charge in [-0.05, 0) is 43.1 Å². The quantitative estimate of drug-likeness (QED) is 0.813. The number of amides is 1. The smallest absolute Gasteiger partial charge is 0.242 e. The first-order valence-electron chi connectivity index (χ1n) is 8.53. The maximum Gasteiger partial charge on any atom is 0.242 e. The summed E-state index contributed by atoms with van der Waals surface area (Å²) in [6.45, 7) is 0.267. The van der Waals surface area contributed by atoms with Gasteiger partial charge in [0, 0.05) is 12.6 Å². The van der Waals surface area contributed by atoms with Crippen LogP contribution in [0.2, 0.25) is 0 Å². The molecule has 1 aliphatic carbocycles. The SMILES string of the molecule is CN(C[C@H](O)c1ccc(F)cc1)[C@H](C(=O)NC1CC1)c1ccccc1. The number of aliphatic hydroxyl groups is 1. The number of hydrogen-bond acceptors (Lipinski definition) is 3. The molecule has 132 valence electrons. The molecule has 2 atom stereocenters. The first-order valence-corrected chi connectivity index (χ1v) is 8.53. The van der Waals surface area contributed by atoms with Crippen molar-refractivity contribution in [3.05, 3.63) is 71.5 Å². The van der Waals surface area contributed by atoms with Gasteiger partial charge in [0.15, 0.2) is 0 Å². The van der Waals surface area contributed by atoms with E-state index in [-0.39, 0.29) is 24.3 Å². The fourth-order valence-electron chi connectivity index (χ4n) is 2.92. The van der Waals surface area contributed by atoms with Gasteiger partial charge in [-0.25, -0.2) is 4.39 Å². The average Bonchev–Trinajstić information content (AvgIpc) is 3.40. The molecular formula is C20H23FN2O2. The van der Waals surface area contributed by atoms with E-state index in [9.17, 15) is 14.3 Å². The fraction of sp³-hybridized carbons (Fsp3) is 0.350. The normalized spacial score (nSPS) is 16.5. The summed E-state index contributed by atoms with van der Waals surface area (Å²) >= 11 is 0. The molecule has 4 nitrogen and oxygen atoms in total. The summed E-state index contributed by atoms with van der Waals surface area (Å²) in [6, 6.07) is 15.1. The minimum absolute atomic E-state index is 0.0532. The van der Waals surface area contributed by atoms with Crippen molar-refractivity contribution in [2.75, 3.05) is 13.6 Å². The minimum Gasteiger partial charge on any atom is -0.387 e. The van der Waals surface area contributed by atoms with E-state index in [0.29, 0.717) is 5.56 Å². The first kappa shape index (κ1) is 17.6. The van der Waals surface area contributed by atoms with E-state index in [1.54, 1.807) is 12.1 Å². The zero-order valence-corrected chi connectivity index (χ0v) is 14.2. The third-order valence-electron chi connectivity index (χ3n) is 4.44. The highest BCUT2D eigenvalue weighted by Crippen LogP contribution is 2.26. The molecule has 0 spiro atoms. The Balaban J connectivity index is 1.74. The van der Waals surface area contributed by atoms with Gasteiger partial charge in [-0.2, -0.15) is 0 Å². The maximum atomic E-state index is 13.1. The van der Waals surface area contributed by atoms with Crippen molar-refractivity contribution in [2.24, 2.45) is 0 Å². The molecule has 5 heteroatoms. The predicted molar refractivity (Wildman–Crippen MR) is 94.3 cm³/mol. The average molecular weight is 342 g/mol. The first-order chi connectivity index (χ1) is 12.0. The zero-order valence-electron chi connectivity index (χ0n) is 14.2. The molecule has 2 aromatic rings. The van der Waals surface area contributed by atoms with Crippen LogP contribution >= 0.6 is 0 Å². The summed E-state index contributed by atoms with van der Waals surface area (Å²) in [5.74, 6) is -0.391. The van der Waals surface area contributed by atoms with Crippen LogP contribution < -0.4 is 5.32 Å². The molecule has 0 bridgehead atoms.